The fraction of sp³-hybridized carbons (Fsp3) is 0.300. The molecule has 1 heterocycles. The van der Waals surface area contributed by atoms with Crippen molar-refractivity contribution in [2.45, 2.75) is 19.8 Å². The summed E-state index contributed by atoms with van der Waals surface area (Å²) in [6, 6.07) is 0. The number of fused-ring (bicyclic) bond motifs is 1. The minimum atomic E-state index is 0.656. The maximum absolute atomic E-state index is 5.64. The third-order valence-electron chi connectivity index (χ3n) is 2.14. The molecule has 68 valence electrons. The van der Waals surface area contributed by atoms with Crippen LogP contribution in [0.15, 0.2) is 11.6 Å². The predicted molar refractivity (Wildman–Crippen MR) is 58.4 cm³/mol. The Morgan fingerprint density at radius 3 is 3.23 bits per heavy atom. The molecule has 2 N–H and O–H groups in total. The number of hydrogen-bond acceptors (Lipinski definition) is 3. The first kappa shape index (κ1) is 8.51. The standard InChI is InChI=1S/C10H12N2S/c1-2-7-4-3-5-9-8(6-7)12-10(11)13-9/h3,5-6H,2,4H2,1H3,(H2,11,12). The molecule has 0 fully saturated rings. The molecule has 2 rings (SSSR count). The van der Waals surface area contributed by atoms with E-state index in [0.29, 0.717) is 5.13 Å². The van der Waals surface area contributed by atoms with Gasteiger partial charge in [0.1, 0.15) is 0 Å². The van der Waals surface area contributed by atoms with Crippen LogP contribution in [0.1, 0.15) is 30.3 Å². The first-order valence-corrected chi connectivity index (χ1v) is 5.23. The van der Waals surface area contributed by atoms with Gasteiger partial charge in [0, 0.05) is 0 Å². The number of aromatic nitrogens is 1. The van der Waals surface area contributed by atoms with E-state index in [1.165, 1.54) is 10.5 Å². The normalized spacial score (nSPS) is 15.0. The minimum absolute atomic E-state index is 0.656. The summed E-state index contributed by atoms with van der Waals surface area (Å²) in [6.07, 6.45) is 8.57. The van der Waals surface area contributed by atoms with Gasteiger partial charge in [-0.3, -0.25) is 0 Å². The van der Waals surface area contributed by atoms with Gasteiger partial charge in [-0.25, -0.2) is 4.98 Å². The summed E-state index contributed by atoms with van der Waals surface area (Å²) in [6.45, 7) is 2.17. The highest BCUT2D eigenvalue weighted by molar-refractivity contribution is 7.16. The lowest BCUT2D eigenvalue weighted by molar-refractivity contribution is 1.05. The number of anilines is 1. The quantitative estimate of drug-likeness (QED) is 0.743. The Bertz CT molecular complexity index is 374. The number of nitrogens with two attached hydrogens (primary N) is 1. The molecular weight excluding hydrogens is 180 g/mol. The van der Waals surface area contributed by atoms with E-state index in [1.54, 1.807) is 11.3 Å². The van der Waals surface area contributed by atoms with Crippen LogP contribution in [-0.2, 0) is 0 Å². The summed E-state index contributed by atoms with van der Waals surface area (Å²) in [4.78, 5) is 5.46. The van der Waals surface area contributed by atoms with Gasteiger partial charge in [0.15, 0.2) is 5.13 Å². The molecule has 3 heteroatoms. The zero-order valence-electron chi connectivity index (χ0n) is 7.58. The van der Waals surface area contributed by atoms with Crippen LogP contribution in [-0.4, -0.2) is 4.98 Å². The summed E-state index contributed by atoms with van der Waals surface area (Å²) in [7, 11) is 0. The molecule has 0 aliphatic heterocycles. The summed E-state index contributed by atoms with van der Waals surface area (Å²) in [5.74, 6) is 0. The zero-order chi connectivity index (χ0) is 9.26. The highest BCUT2D eigenvalue weighted by Gasteiger charge is 2.07. The highest BCUT2D eigenvalue weighted by atomic mass is 32.1. The number of rotatable bonds is 1. The van der Waals surface area contributed by atoms with Crippen molar-refractivity contribution in [1.82, 2.24) is 4.98 Å². The molecule has 2 nitrogen and oxygen atoms in total. The molecule has 0 amide bonds. The molecule has 0 saturated carbocycles. The van der Waals surface area contributed by atoms with E-state index in [0.717, 1.165) is 18.5 Å². The second kappa shape index (κ2) is 3.34. The Morgan fingerprint density at radius 2 is 2.46 bits per heavy atom. The van der Waals surface area contributed by atoms with Crippen molar-refractivity contribution in [2.75, 3.05) is 5.73 Å². The molecule has 1 aromatic rings. The third kappa shape index (κ3) is 1.65. The van der Waals surface area contributed by atoms with Gasteiger partial charge < -0.3 is 5.73 Å². The van der Waals surface area contributed by atoms with Crippen molar-refractivity contribution in [3.05, 3.63) is 22.2 Å². The Balaban J connectivity index is 2.47. The van der Waals surface area contributed by atoms with Crippen LogP contribution < -0.4 is 5.73 Å². The van der Waals surface area contributed by atoms with Gasteiger partial charge in [-0.2, -0.15) is 0 Å². The lowest BCUT2D eigenvalue weighted by Crippen LogP contribution is -1.83. The summed E-state index contributed by atoms with van der Waals surface area (Å²) in [5, 5.41) is 0.656. The molecule has 0 saturated heterocycles. The molecular formula is C10H12N2S. The molecule has 0 bridgehead atoms. The van der Waals surface area contributed by atoms with E-state index in [4.69, 9.17) is 5.73 Å². The van der Waals surface area contributed by atoms with E-state index in [2.05, 4.69) is 30.1 Å². The van der Waals surface area contributed by atoms with Crippen molar-refractivity contribution < 1.29 is 0 Å². The van der Waals surface area contributed by atoms with E-state index >= 15 is 0 Å². The molecule has 1 aliphatic carbocycles. The Hall–Kier alpha value is -1.09. The van der Waals surface area contributed by atoms with Crippen LogP contribution in [0.4, 0.5) is 5.13 Å². The molecule has 0 atom stereocenters. The summed E-state index contributed by atoms with van der Waals surface area (Å²) < 4.78 is 0. The van der Waals surface area contributed by atoms with Crippen molar-refractivity contribution in [3.8, 4) is 0 Å². The average molecular weight is 192 g/mol. The van der Waals surface area contributed by atoms with Crippen LogP contribution >= 0.6 is 11.3 Å². The lowest BCUT2D eigenvalue weighted by Gasteiger charge is -1.95. The van der Waals surface area contributed by atoms with E-state index in [1.807, 2.05) is 0 Å². The second-order valence-corrected chi connectivity index (χ2v) is 4.13. The van der Waals surface area contributed by atoms with Crippen molar-refractivity contribution in [3.63, 3.8) is 0 Å². The number of nitrogens with zero attached hydrogens (tertiary/aromatic N) is 1. The SMILES string of the molecule is CCC1=Cc2nc(N)sc2C=CC1. The van der Waals surface area contributed by atoms with E-state index in [-0.39, 0.29) is 0 Å². The number of hydrogen-bond donors (Lipinski definition) is 1. The maximum Gasteiger partial charge on any atom is 0.181 e. The lowest BCUT2D eigenvalue weighted by atomic mass is 10.1. The molecule has 1 aliphatic rings. The summed E-state index contributed by atoms with van der Waals surface area (Å²) in [5.41, 5.74) is 8.09. The topological polar surface area (TPSA) is 38.9 Å². The first-order chi connectivity index (χ1) is 6.29. The van der Waals surface area contributed by atoms with Gasteiger partial charge in [-0.15, -0.1) is 0 Å². The third-order valence-corrected chi connectivity index (χ3v) is 3.01. The van der Waals surface area contributed by atoms with Gasteiger partial charge >= 0.3 is 0 Å². The fourth-order valence-corrected chi connectivity index (χ4v) is 2.14. The van der Waals surface area contributed by atoms with Gasteiger partial charge in [-0.05, 0) is 25.0 Å². The van der Waals surface area contributed by atoms with E-state index in [9.17, 15) is 0 Å². The number of nitrogen functional groups attached to an aromatic ring is 1. The Morgan fingerprint density at radius 1 is 1.62 bits per heavy atom. The van der Waals surface area contributed by atoms with Gasteiger partial charge in [0.05, 0.1) is 10.6 Å². The van der Waals surface area contributed by atoms with Crippen LogP contribution in [0.25, 0.3) is 12.2 Å². The van der Waals surface area contributed by atoms with Gasteiger partial charge in [0.25, 0.3) is 0 Å². The van der Waals surface area contributed by atoms with Crippen LogP contribution in [0.3, 0.4) is 0 Å². The van der Waals surface area contributed by atoms with Crippen molar-refractivity contribution in [2.24, 2.45) is 0 Å². The predicted octanol–water partition coefficient (Wildman–Crippen LogP) is 2.94. The fourth-order valence-electron chi connectivity index (χ4n) is 1.40. The van der Waals surface area contributed by atoms with Crippen LogP contribution in [0, 0.1) is 0 Å². The Labute approximate surface area is 81.8 Å². The average Bonchev–Trinajstić information content (AvgIpc) is 2.33. The monoisotopic (exact) mass is 192 g/mol. The number of thiazole rings is 1. The van der Waals surface area contributed by atoms with E-state index < -0.39 is 0 Å². The van der Waals surface area contributed by atoms with Crippen LogP contribution in [0.2, 0.25) is 0 Å². The first-order valence-electron chi connectivity index (χ1n) is 4.42. The van der Waals surface area contributed by atoms with Gasteiger partial charge in [-0.1, -0.05) is 29.9 Å². The zero-order valence-corrected chi connectivity index (χ0v) is 8.40. The largest absolute Gasteiger partial charge is 0.375 e. The summed E-state index contributed by atoms with van der Waals surface area (Å²) >= 11 is 1.55. The van der Waals surface area contributed by atoms with Crippen molar-refractivity contribution in [1.29, 1.82) is 0 Å². The molecule has 1 aromatic heterocycles. The smallest absolute Gasteiger partial charge is 0.181 e. The highest BCUT2D eigenvalue weighted by Crippen LogP contribution is 2.28. The number of allylic oxidation sites excluding steroid dienone is 2. The molecule has 13 heavy (non-hydrogen) atoms. The molecule has 0 radical (unpaired) electrons. The van der Waals surface area contributed by atoms with Crippen molar-refractivity contribution >= 4 is 28.6 Å². The Kier molecular flexibility index (Phi) is 2.19. The second-order valence-electron chi connectivity index (χ2n) is 3.06. The van der Waals surface area contributed by atoms with Gasteiger partial charge in [0.2, 0.25) is 0 Å². The minimum Gasteiger partial charge on any atom is -0.375 e. The molecule has 0 unspecified atom stereocenters. The molecule has 0 aromatic carbocycles. The maximum atomic E-state index is 5.64. The van der Waals surface area contributed by atoms with Crippen LogP contribution in [0.5, 0.6) is 0 Å². The molecule has 0 spiro atoms.